The Bertz CT molecular complexity index is 961. The lowest BCUT2D eigenvalue weighted by atomic mass is 10.2. The summed E-state index contributed by atoms with van der Waals surface area (Å²) in [4.78, 5) is 29.6. The van der Waals surface area contributed by atoms with Crippen LogP contribution in [0.3, 0.4) is 0 Å². The van der Waals surface area contributed by atoms with Crippen molar-refractivity contribution in [3.05, 3.63) is 78.5 Å². The van der Waals surface area contributed by atoms with Gasteiger partial charge in [0.2, 0.25) is 5.91 Å². The van der Waals surface area contributed by atoms with E-state index in [1.54, 1.807) is 49.7 Å². The second-order valence-electron chi connectivity index (χ2n) is 6.17. The highest BCUT2D eigenvalue weighted by molar-refractivity contribution is 8.00. The van der Waals surface area contributed by atoms with Crippen molar-refractivity contribution in [1.29, 1.82) is 0 Å². The lowest BCUT2D eigenvalue weighted by Gasteiger charge is -2.12. The quantitative estimate of drug-likeness (QED) is 0.565. The Hall–Kier alpha value is -3.32. The van der Waals surface area contributed by atoms with E-state index in [1.165, 1.54) is 11.8 Å². The molecule has 3 rings (SSSR count). The second kappa shape index (κ2) is 9.75. The Balaban J connectivity index is 1.55. The average molecular weight is 407 g/mol. The van der Waals surface area contributed by atoms with E-state index >= 15 is 0 Å². The van der Waals surface area contributed by atoms with Crippen molar-refractivity contribution in [2.75, 3.05) is 17.7 Å². The summed E-state index contributed by atoms with van der Waals surface area (Å²) >= 11 is 1.43. The maximum atomic E-state index is 12.3. The van der Waals surface area contributed by atoms with Gasteiger partial charge in [-0.25, -0.2) is 4.98 Å². The zero-order valence-electron chi connectivity index (χ0n) is 16.1. The number of methoxy groups -OCH3 is 1. The molecule has 0 radical (unpaired) electrons. The molecule has 1 atom stereocenters. The van der Waals surface area contributed by atoms with Crippen molar-refractivity contribution in [2.24, 2.45) is 0 Å². The summed E-state index contributed by atoms with van der Waals surface area (Å²) in [7, 11) is 1.58. The molecule has 6 nitrogen and oxygen atoms in total. The van der Waals surface area contributed by atoms with E-state index in [0.717, 1.165) is 4.90 Å². The normalized spacial score (nSPS) is 11.4. The second-order valence-corrected chi connectivity index (χ2v) is 7.59. The lowest BCUT2D eigenvalue weighted by molar-refractivity contribution is -0.115. The van der Waals surface area contributed by atoms with Crippen LogP contribution in [-0.2, 0) is 4.79 Å². The smallest absolute Gasteiger partial charge is 0.255 e. The van der Waals surface area contributed by atoms with Gasteiger partial charge in [0.1, 0.15) is 11.6 Å². The van der Waals surface area contributed by atoms with Crippen molar-refractivity contribution in [3.8, 4) is 5.75 Å². The van der Waals surface area contributed by atoms with E-state index in [2.05, 4.69) is 15.6 Å². The Morgan fingerprint density at radius 1 is 0.966 bits per heavy atom. The van der Waals surface area contributed by atoms with E-state index in [4.69, 9.17) is 4.74 Å². The van der Waals surface area contributed by atoms with Crippen LogP contribution in [-0.4, -0.2) is 29.2 Å². The molecule has 0 aliphatic rings. The molecule has 0 bridgehead atoms. The van der Waals surface area contributed by atoms with Crippen molar-refractivity contribution in [3.63, 3.8) is 0 Å². The molecule has 0 saturated heterocycles. The first-order valence-electron chi connectivity index (χ1n) is 8.99. The highest BCUT2D eigenvalue weighted by Crippen LogP contribution is 2.25. The third-order valence-corrected chi connectivity index (χ3v) is 5.17. The Morgan fingerprint density at radius 3 is 2.31 bits per heavy atom. The van der Waals surface area contributed by atoms with Gasteiger partial charge in [-0.2, -0.15) is 0 Å². The fourth-order valence-corrected chi connectivity index (χ4v) is 3.35. The topological polar surface area (TPSA) is 80.3 Å². The summed E-state index contributed by atoms with van der Waals surface area (Å²) < 4.78 is 5.10. The molecule has 2 N–H and O–H groups in total. The molecule has 0 fully saturated rings. The van der Waals surface area contributed by atoms with Crippen LogP contribution < -0.4 is 15.4 Å². The number of benzene rings is 2. The van der Waals surface area contributed by atoms with Crippen molar-refractivity contribution in [2.45, 2.75) is 17.1 Å². The highest BCUT2D eigenvalue weighted by atomic mass is 32.2. The molecule has 29 heavy (non-hydrogen) atoms. The number of thioether (sulfide) groups is 1. The van der Waals surface area contributed by atoms with Crippen LogP contribution in [0.15, 0.2) is 77.8 Å². The standard InChI is InChI=1S/C22H21N3O3S/c1-15(21(26)25-20-5-3-4-14-23-20)29-19-12-8-17(9-13-19)24-22(27)16-6-10-18(28-2)11-7-16/h3-15H,1-2H3,(H,24,27)(H,23,25,26). The Kier molecular flexibility index (Phi) is 6.86. The highest BCUT2D eigenvalue weighted by Gasteiger charge is 2.15. The molecule has 0 aliphatic carbocycles. The van der Waals surface area contributed by atoms with Gasteiger partial charge in [-0.3, -0.25) is 9.59 Å². The van der Waals surface area contributed by atoms with Gasteiger partial charge in [0.05, 0.1) is 12.4 Å². The summed E-state index contributed by atoms with van der Waals surface area (Å²) in [5.41, 5.74) is 1.23. The van der Waals surface area contributed by atoms with E-state index in [9.17, 15) is 9.59 Å². The van der Waals surface area contributed by atoms with Gasteiger partial charge in [-0.1, -0.05) is 6.07 Å². The molecule has 1 heterocycles. The van der Waals surface area contributed by atoms with Crippen LogP contribution in [0, 0.1) is 0 Å². The number of pyridine rings is 1. The molecule has 2 aromatic carbocycles. The summed E-state index contributed by atoms with van der Waals surface area (Å²) in [6.45, 7) is 1.84. The maximum absolute atomic E-state index is 12.3. The summed E-state index contributed by atoms with van der Waals surface area (Å²) in [5, 5.41) is 5.35. The summed E-state index contributed by atoms with van der Waals surface area (Å²) in [5.74, 6) is 0.910. The maximum Gasteiger partial charge on any atom is 0.255 e. The minimum atomic E-state index is -0.295. The van der Waals surface area contributed by atoms with Crippen molar-refractivity contribution >= 4 is 35.1 Å². The van der Waals surface area contributed by atoms with Crippen LogP contribution >= 0.6 is 11.8 Å². The first-order chi connectivity index (χ1) is 14.0. The van der Waals surface area contributed by atoms with Crippen molar-refractivity contribution < 1.29 is 14.3 Å². The van der Waals surface area contributed by atoms with Gasteiger partial charge in [0, 0.05) is 22.3 Å². The first kappa shape index (κ1) is 20.4. The Labute approximate surface area is 173 Å². The largest absolute Gasteiger partial charge is 0.497 e. The van der Waals surface area contributed by atoms with Gasteiger partial charge in [0.25, 0.3) is 5.91 Å². The predicted octanol–water partition coefficient (Wildman–Crippen LogP) is 4.46. The Morgan fingerprint density at radius 2 is 1.69 bits per heavy atom. The van der Waals surface area contributed by atoms with E-state index in [1.807, 2.05) is 37.3 Å². The van der Waals surface area contributed by atoms with Crippen LogP contribution in [0.5, 0.6) is 5.75 Å². The third-order valence-electron chi connectivity index (χ3n) is 4.06. The van der Waals surface area contributed by atoms with E-state index in [-0.39, 0.29) is 17.1 Å². The van der Waals surface area contributed by atoms with Crippen LogP contribution in [0.25, 0.3) is 0 Å². The number of aromatic nitrogens is 1. The fraction of sp³-hybridized carbons (Fsp3) is 0.136. The zero-order valence-corrected chi connectivity index (χ0v) is 16.9. The van der Waals surface area contributed by atoms with Gasteiger partial charge in [-0.05, 0) is 67.6 Å². The third kappa shape index (κ3) is 5.83. The SMILES string of the molecule is COc1ccc(C(=O)Nc2ccc(SC(C)C(=O)Nc3ccccn3)cc2)cc1. The number of ether oxygens (including phenoxy) is 1. The molecule has 1 aromatic heterocycles. The predicted molar refractivity (Wildman–Crippen MR) is 116 cm³/mol. The summed E-state index contributed by atoms with van der Waals surface area (Å²) in [6.07, 6.45) is 1.63. The van der Waals surface area contributed by atoms with E-state index < -0.39 is 0 Å². The van der Waals surface area contributed by atoms with Gasteiger partial charge >= 0.3 is 0 Å². The number of rotatable bonds is 7. The monoisotopic (exact) mass is 407 g/mol. The molecule has 0 spiro atoms. The number of nitrogens with one attached hydrogen (secondary N) is 2. The van der Waals surface area contributed by atoms with E-state index in [0.29, 0.717) is 22.8 Å². The molecular formula is C22H21N3O3S. The number of hydrogen-bond donors (Lipinski definition) is 2. The van der Waals surface area contributed by atoms with Crippen LogP contribution in [0.4, 0.5) is 11.5 Å². The van der Waals surface area contributed by atoms with Gasteiger partial charge in [0.15, 0.2) is 0 Å². The number of carbonyl (C=O) groups excluding carboxylic acids is 2. The minimum Gasteiger partial charge on any atom is -0.497 e. The molecule has 148 valence electrons. The molecule has 1 unspecified atom stereocenters. The lowest BCUT2D eigenvalue weighted by Crippen LogP contribution is -2.22. The number of amides is 2. The molecule has 3 aromatic rings. The van der Waals surface area contributed by atoms with Gasteiger partial charge in [-0.15, -0.1) is 11.8 Å². The molecular weight excluding hydrogens is 386 g/mol. The first-order valence-corrected chi connectivity index (χ1v) is 9.87. The zero-order chi connectivity index (χ0) is 20.6. The fourth-order valence-electron chi connectivity index (χ4n) is 2.48. The van der Waals surface area contributed by atoms with Crippen molar-refractivity contribution in [1.82, 2.24) is 4.98 Å². The average Bonchev–Trinajstić information content (AvgIpc) is 2.75. The van der Waals surface area contributed by atoms with Crippen LogP contribution in [0.1, 0.15) is 17.3 Å². The number of carbonyl (C=O) groups is 2. The number of anilines is 2. The molecule has 0 aliphatic heterocycles. The number of hydrogen-bond acceptors (Lipinski definition) is 5. The molecule has 2 amide bonds. The van der Waals surface area contributed by atoms with Crippen LogP contribution in [0.2, 0.25) is 0 Å². The summed E-state index contributed by atoms with van der Waals surface area (Å²) in [6, 6.07) is 19.6. The van der Waals surface area contributed by atoms with Gasteiger partial charge < -0.3 is 15.4 Å². The minimum absolute atomic E-state index is 0.120. The number of nitrogens with zero attached hydrogens (tertiary/aromatic N) is 1. The molecule has 0 saturated carbocycles. The molecule has 7 heteroatoms.